The predicted molar refractivity (Wildman–Crippen MR) is 232 cm³/mol. The number of aromatic hydroxyl groups is 1. The van der Waals surface area contributed by atoms with Crippen molar-refractivity contribution in [2.45, 2.75) is 52.1 Å². The number of halogens is 3. The molecular weight excluding hydrogens is 851 g/mol. The van der Waals surface area contributed by atoms with E-state index in [2.05, 4.69) is 20.9 Å². The average Bonchev–Trinajstić information content (AvgIpc) is 4.15. The van der Waals surface area contributed by atoms with Crippen molar-refractivity contribution in [2.75, 3.05) is 36.3 Å². The standard InChI is InChI=1S/C22H21ClN2O5.C19H17ClN2O4.C3H5ClO/c1-13(2)29-20-8-3-14(9-18(20)23)21-10-19(25-30-21)22(26)24-15-4-6-16(7-5-15)27-11-17-12-28-17;1-11(2)25-17-8-3-12(9-15(17)20)18-10-16(22-26-18)19(24)21-13-4-6-14(23)7-5-13;4-1-3-2-5-3/h3-10,13,17H,11-12H2,1-2H3,(H,24,26);3-11,23H,1-2H3,(H,21,24);3H,1-2H2. The van der Waals surface area contributed by atoms with E-state index in [0.29, 0.717) is 79.9 Å². The van der Waals surface area contributed by atoms with E-state index in [-0.39, 0.29) is 41.4 Å². The first-order chi connectivity index (χ1) is 29.3. The second-order valence-electron chi connectivity index (χ2n) is 14.1. The SMILES string of the molecule is CC(C)Oc1ccc(-c2cc(C(=O)Nc3ccc(O)cc3)no2)cc1Cl.CC(C)Oc1ccc(-c2cc(C(=O)Nc3ccc(OCC4CO4)cc3)no2)cc1Cl.ClCC1CO1. The third-order valence-electron chi connectivity index (χ3n) is 8.29. The highest BCUT2D eigenvalue weighted by atomic mass is 35.5. The van der Waals surface area contributed by atoms with Gasteiger partial charge in [-0.1, -0.05) is 33.5 Å². The molecule has 14 nitrogen and oxygen atoms in total. The molecule has 61 heavy (non-hydrogen) atoms. The molecule has 2 unspecified atom stereocenters. The van der Waals surface area contributed by atoms with Crippen LogP contribution in [0.3, 0.4) is 0 Å². The Balaban J connectivity index is 0.000000184. The molecule has 8 rings (SSSR count). The van der Waals surface area contributed by atoms with Crippen LogP contribution in [0, 0.1) is 0 Å². The number of phenols is 1. The Labute approximate surface area is 366 Å². The quantitative estimate of drug-likeness (QED) is 0.0535. The van der Waals surface area contributed by atoms with Crippen LogP contribution in [-0.2, 0) is 9.47 Å². The lowest BCUT2D eigenvalue weighted by atomic mass is 10.1. The average molecular weight is 894 g/mol. The monoisotopic (exact) mass is 892 g/mol. The van der Waals surface area contributed by atoms with Gasteiger partial charge in [0.2, 0.25) is 0 Å². The van der Waals surface area contributed by atoms with Gasteiger partial charge in [0.05, 0.1) is 47.5 Å². The summed E-state index contributed by atoms with van der Waals surface area (Å²) >= 11 is 17.8. The minimum absolute atomic E-state index is 0.0128. The normalized spacial score (nSPS) is 14.8. The number of benzene rings is 4. The Bertz CT molecular complexity index is 2380. The number of ether oxygens (including phenoxy) is 5. The number of carbonyl (C=O) groups is 2. The number of aromatic nitrogens is 2. The lowest BCUT2D eigenvalue weighted by Crippen LogP contribution is -2.12. The van der Waals surface area contributed by atoms with Gasteiger partial charge in [-0.05, 0) is 113 Å². The molecule has 2 aliphatic rings. The molecule has 0 bridgehead atoms. The Morgan fingerprint density at radius 2 is 1.13 bits per heavy atom. The molecule has 4 heterocycles. The number of nitrogens with zero attached hydrogens (tertiary/aromatic N) is 2. The molecule has 17 heteroatoms. The molecule has 320 valence electrons. The van der Waals surface area contributed by atoms with Crippen LogP contribution in [-0.4, -0.2) is 77.4 Å². The Hall–Kier alpha value is -5.77. The van der Waals surface area contributed by atoms with E-state index in [1.165, 1.54) is 18.2 Å². The number of hydrogen-bond donors (Lipinski definition) is 3. The third-order valence-corrected chi connectivity index (χ3v) is 9.23. The van der Waals surface area contributed by atoms with Crippen LogP contribution in [0.1, 0.15) is 48.7 Å². The van der Waals surface area contributed by atoms with Crippen molar-refractivity contribution >= 4 is 58.0 Å². The molecule has 2 atom stereocenters. The molecule has 2 saturated heterocycles. The van der Waals surface area contributed by atoms with Crippen molar-refractivity contribution in [1.29, 1.82) is 0 Å². The first kappa shape index (κ1) is 44.8. The number of anilines is 2. The zero-order chi connectivity index (χ0) is 43.5. The third kappa shape index (κ3) is 13.9. The molecule has 0 radical (unpaired) electrons. The van der Waals surface area contributed by atoms with Gasteiger partial charge >= 0.3 is 0 Å². The number of carbonyl (C=O) groups excluding carboxylic acids is 2. The maximum Gasteiger partial charge on any atom is 0.277 e. The molecule has 0 saturated carbocycles. The van der Waals surface area contributed by atoms with Crippen LogP contribution in [0.5, 0.6) is 23.0 Å². The predicted octanol–water partition coefficient (Wildman–Crippen LogP) is 10.2. The van der Waals surface area contributed by atoms with Gasteiger partial charge in [-0.25, -0.2) is 0 Å². The molecule has 0 aliphatic carbocycles. The number of hydrogen-bond acceptors (Lipinski definition) is 12. The molecule has 0 spiro atoms. The number of epoxide rings is 2. The Kier molecular flexibility index (Phi) is 15.5. The number of alkyl halides is 1. The Morgan fingerprint density at radius 3 is 1.51 bits per heavy atom. The summed E-state index contributed by atoms with van der Waals surface area (Å²) in [5.41, 5.74) is 2.83. The summed E-state index contributed by atoms with van der Waals surface area (Å²) in [6.07, 6.45) is 0.622. The topological polar surface area (TPSA) is 183 Å². The maximum atomic E-state index is 12.5. The fraction of sp³-hybridized carbons (Fsp3) is 0.273. The summed E-state index contributed by atoms with van der Waals surface area (Å²) in [6, 6.07) is 26.8. The molecule has 2 aromatic heterocycles. The molecule has 6 aromatic rings. The summed E-state index contributed by atoms with van der Waals surface area (Å²) in [4.78, 5) is 24.7. The number of rotatable bonds is 14. The van der Waals surface area contributed by atoms with Crippen LogP contribution in [0.15, 0.2) is 106 Å². The van der Waals surface area contributed by atoms with Gasteiger partial charge in [0.1, 0.15) is 35.7 Å². The summed E-state index contributed by atoms with van der Waals surface area (Å²) < 4.78 is 37.2. The van der Waals surface area contributed by atoms with Gasteiger partial charge in [0.15, 0.2) is 22.9 Å². The highest BCUT2D eigenvalue weighted by Crippen LogP contribution is 2.33. The van der Waals surface area contributed by atoms with Crippen molar-refractivity contribution in [3.8, 4) is 45.6 Å². The first-order valence-corrected chi connectivity index (χ1v) is 20.4. The van der Waals surface area contributed by atoms with E-state index >= 15 is 0 Å². The molecule has 2 amide bonds. The lowest BCUT2D eigenvalue weighted by molar-refractivity contribution is 0.101. The largest absolute Gasteiger partial charge is 0.508 e. The summed E-state index contributed by atoms with van der Waals surface area (Å²) in [5, 5.41) is 23.3. The van der Waals surface area contributed by atoms with Gasteiger partial charge in [0.25, 0.3) is 11.8 Å². The minimum Gasteiger partial charge on any atom is -0.508 e. The fourth-order valence-electron chi connectivity index (χ4n) is 5.12. The summed E-state index contributed by atoms with van der Waals surface area (Å²) in [6.45, 7) is 9.84. The van der Waals surface area contributed by atoms with Gasteiger partial charge in [-0.15, -0.1) is 11.6 Å². The fourth-order valence-corrected chi connectivity index (χ4v) is 5.75. The van der Waals surface area contributed by atoms with E-state index in [1.807, 2.05) is 27.7 Å². The Morgan fingerprint density at radius 1 is 0.689 bits per heavy atom. The van der Waals surface area contributed by atoms with E-state index < -0.39 is 5.91 Å². The van der Waals surface area contributed by atoms with Crippen molar-refractivity contribution in [3.05, 3.63) is 118 Å². The molecular formula is C44H43Cl3N4O10. The van der Waals surface area contributed by atoms with Gasteiger partial charge in [-0.2, -0.15) is 0 Å². The summed E-state index contributed by atoms with van der Waals surface area (Å²) in [7, 11) is 0. The van der Waals surface area contributed by atoms with Gasteiger partial charge in [0, 0.05) is 34.6 Å². The smallest absolute Gasteiger partial charge is 0.277 e. The van der Waals surface area contributed by atoms with Crippen molar-refractivity contribution in [1.82, 2.24) is 10.3 Å². The second-order valence-corrected chi connectivity index (χ2v) is 15.3. The zero-order valence-electron chi connectivity index (χ0n) is 33.5. The van der Waals surface area contributed by atoms with Crippen LogP contribution in [0.25, 0.3) is 22.6 Å². The minimum atomic E-state index is -0.420. The first-order valence-electron chi connectivity index (χ1n) is 19.1. The van der Waals surface area contributed by atoms with Crippen molar-refractivity contribution in [2.24, 2.45) is 0 Å². The van der Waals surface area contributed by atoms with Crippen LogP contribution < -0.4 is 24.8 Å². The highest BCUT2D eigenvalue weighted by molar-refractivity contribution is 6.32. The zero-order valence-corrected chi connectivity index (χ0v) is 35.8. The lowest BCUT2D eigenvalue weighted by Gasteiger charge is -2.11. The van der Waals surface area contributed by atoms with Crippen LogP contribution in [0.4, 0.5) is 11.4 Å². The number of phenolic OH excluding ortho intramolecular Hbond substituents is 1. The molecule has 2 fully saturated rings. The summed E-state index contributed by atoms with van der Waals surface area (Å²) in [5.74, 6) is 2.72. The van der Waals surface area contributed by atoms with Crippen molar-refractivity contribution < 1.29 is 47.4 Å². The van der Waals surface area contributed by atoms with E-state index in [0.717, 1.165) is 13.2 Å². The van der Waals surface area contributed by atoms with E-state index in [1.54, 1.807) is 78.9 Å². The van der Waals surface area contributed by atoms with Crippen molar-refractivity contribution in [3.63, 3.8) is 0 Å². The van der Waals surface area contributed by atoms with Crippen LogP contribution in [0.2, 0.25) is 10.0 Å². The van der Waals surface area contributed by atoms with E-state index in [4.69, 9.17) is 67.5 Å². The number of nitrogens with one attached hydrogen (secondary N) is 2. The molecule has 3 N–H and O–H groups in total. The van der Waals surface area contributed by atoms with Crippen LogP contribution >= 0.6 is 34.8 Å². The second kappa shape index (κ2) is 21.2. The van der Waals surface area contributed by atoms with Gasteiger partial charge < -0.3 is 48.5 Å². The van der Waals surface area contributed by atoms with Gasteiger partial charge in [-0.3, -0.25) is 9.59 Å². The molecule has 2 aliphatic heterocycles. The van der Waals surface area contributed by atoms with E-state index in [9.17, 15) is 14.7 Å². The molecule has 4 aromatic carbocycles. The number of amides is 2. The maximum absolute atomic E-state index is 12.5. The highest BCUT2D eigenvalue weighted by Gasteiger charge is 2.23.